The van der Waals surface area contributed by atoms with E-state index in [1.807, 2.05) is 25.3 Å². The van der Waals surface area contributed by atoms with Gasteiger partial charge in [-0.05, 0) is 36.3 Å². The summed E-state index contributed by atoms with van der Waals surface area (Å²) in [6.45, 7) is 4.64. The monoisotopic (exact) mass is 624 g/mol. The average Bonchev–Trinajstić information content (AvgIpc) is 3.23. The summed E-state index contributed by atoms with van der Waals surface area (Å²) in [6.07, 6.45) is 5.04. The van der Waals surface area contributed by atoms with Crippen LogP contribution in [0.15, 0.2) is 58.5 Å². The molecule has 0 aliphatic heterocycles. The number of carboxylic acids is 1. The number of unbranched alkanes of at least 4 members (excludes halogenated alkanes) is 1. The van der Waals surface area contributed by atoms with Crippen LogP contribution >= 0.6 is 11.8 Å². The summed E-state index contributed by atoms with van der Waals surface area (Å²) in [5.74, 6) is -0.289. The number of aromatic carboxylic acids is 1. The van der Waals surface area contributed by atoms with Crippen molar-refractivity contribution in [2.75, 3.05) is 12.8 Å². The molecule has 3 aromatic rings. The third kappa shape index (κ3) is 10.0. The van der Waals surface area contributed by atoms with Gasteiger partial charge in [-0.15, -0.1) is 11.8 Å². The second-order valence-corrected chi connectivity index (χ2v) is 10.9. The number of hydrogen-bond donors (Lipinski definition) is 3. The molecule has 13 heteroatoms. The molecule has 0 bridgehead atoms. The number of carbonyl (C=O) groups excluding carboxylic acids is 1. The molecule has 0 aliphatic carbocycles. The van der Waals surface area contributed by atoms with Gasteiger partial charge in [-0.3, -0.25) is 0 Å². The second kappa shape index (κ2) is 17.8. The molecule has 0 aliphatic rings. The van der Waals surface area contributed by atoms with E-state index in [1.54, 1.807) is 34.9 Å². The maximum atomic E-state index is 12.9. The molecule has 2 aromatic carbocycles. The third-order valence-electron chi connectivity index (χ3n) is 5.71. The predicted octanol–water partition coefficient (Wildman–Crippen LogP) is 3.46. The molecule has 1 aromatic heterocycles. The first-order chi connectivity index (χ1) is 17.7. The van der Waals surface area contributed by atoms with Crippen molar-refractivity contribution in [1.29, 1.82) is 0 Å². The summed E-state index contributed by atoms with van der Waals surface area (Å²) in [4.78, 5) is 28.6. The minimum absolute atomic E-state index is 0. The number of hydrogen-bond acceptors (Lipinski definition) is 6. The molecule has 0 unspecified atom stereocenters. The van der Waals surface area contributed by atoms with Gasteiger partial charge in [-0.1, -0.05) is 62.7 Å². The quantitative estimate of drug-likeness (QED) is 0.208. The Kier molecular flexibility index (Phi) is 16.9. The number of sulfonamides is 1. The van der Waals surface area contributed by atoms with E-state index in [0.29, 0.717) is 42.1 Å². The summed E-state index contributed by atoms with van der Waals surface area (Å²) in [5, 5.41) is 12.8. The topological polar surface area (TPSA) is 130 Å². The molecule has 0 saturated carbocycles. The van der Waals surface area contributed by atoms with Crippen molar-refractivity contribution in [3.63, 3.8) is 0 Å². The van der Waals surface area contributed by atoms with Crippen LogP contribution in [0.4, 0.5) is 4.79 Å². The Bertz CT molecular complexity index is 1360. The second-order valence-electron chi connectivity index (χ2n) is 8.44. The number of benzene rings is 2. The van der Waals surface area contributed by atoms with Gasteiger partial charge in [0.2, 0.25) is 0 Å². The van der Waals surface area contributed by atoms with E-state index in [9.17, 15) is 23.1 Å². The Morgan fingerprint density at radius 2 is 1.69 bits per heavy atom. The van der Waals surface area contributed by atoms with Gasteiger partial charge in [-0.2, -0.15) is 0 Å². The van der Waals surface area contributed by atoms with Crippen LogP contribution in [0.5, 0.6) is 0 Å². The van der Waals surface area contributed by atoms with Gasteiger partial charge in [0.1, 0.15) is 10.9 Å². The van der Waals surface area contributed by atoms with Gasteiger partial charge < -0.3 is 15.0 Å². The number of nitrogens with one attached hydrogen (secondary N) is 2. The first-order valence-corrected chi connectivity index (χ1v) is 14.8. The molecule has 0 radical (unpaired) electrons. The molecule has 2 amide bonds. The third-order valence-corrected chi connectivity index (χ3v) is 7.77. The van der Waals surface area contributed by atoms with E-state index in [-0.39, 0.29) is 113 Å². The number of aromatic nitrogens is 2. The van der Waals surface area contributed by atoms with Crippen LogP contribution in [-0.2, 0) is 23.0 Å². The van der Waals surface area contributed by atoms with Crippen molar-refractivity contribution in [3.05, 3.63) is 65.6 Å². The molecule has 0 fully saturated rings. The van der Waals surface area contributed by atoms with Gasteiger partial charge in [-0.25, -0.2) is 27.7 Å². The Hall–Kier alpha value is -0.0373. The van der Waals surface area contributed by atoms with Crippen LogP contribution in [0.2, 0.25) is 0 Å². The Morgan fingerprint density at radius 1 is 1.03 bits per heavy atom. The summed E-state index contributed by atoms with van der Waals surface area (Å²) in [6, 6.07) is 13.0. The number of carboxylic acid groups (broad SMARTS) is 1. The molecule has 39 heavy (non-hydrogen) atoms. The molecule has 3 N–H and O–H groups in total. The molecule has 3 rings (SSSR count). The number of aryl methyl sites for hydroxylation is 1. The molecule has 0 atom stereocenters. The molecule has 0 saturated heterocycles. The van der Waals surface area contributed by atoms with Crippen LogP contribution in [0, 0.1) is 0 Å². The molecule has 9 nitrogen and oxygen atoms in total. The number of nitrogens with zero attached hydrogens (tertiary/aromatic N) is 2. The van der Waals surface area contributed by atoms with Crippen molar-refractivity contribution >= 4 is 137 Å². The van der Waals surface area contributed by atoms with Crippen LogP contribution in [-0.4, -0.2) is 151 Å². The van der Waals surface area contributed by atoms with E-state index in [0.717, 1.165) is 24.2 Å². The zero-order valence-electron chi connectivity index (χ0n) is 21.2. The average molecular weight is 625 g/mol. The molecule has 0 spiro atoms. The molecule has 202 valence electrons. The number of rotatable bonds is 12. The van der Waals surface area contributed by atoms with Crippen LogP contribution < -0.4 is 10.0 Å². The van der Waals surface area contributed by atoms with Crippen molar-refractivity contribution in [1.82, 2.24) is 19.6 Å². The summed E-state index contributed by atoms with van der Waals surface area (Å²) in [7, 11) is -4.10. The van der Waals surface area contributed by atoms with E-state index >= 15 is 0 Å². The zero-order valence-corrected chi connectivity index (χ0v) is 22.8. The first kappa shape index (κ1) is 37.0. The van der Waals surface area contributed by atoms with E-state index in [2.05, 4.69) is 21.9 Å². The van der Waals surface area contributed by atoms with Gasteiger partial charge in [0.25, 0.3) is 10.0 Å². The predicted molar refractivity (Wildman–Crippen MR) is 159 cm³/mol. The fourth-order valence-corrected chi connectivity index (χ4v) is 5.63. The minimum atomic E-state index is -4.10. The van der Waals surface area contributed by atoms with Gasteiger partial charge in [0.05, 0.1) is 4.90 Å². The Morgan fingerprint density at radius 3 is 2.28 bits per heavy atom. The number of amides is 2. The number of imidazole rings is 1. The van der Waals surface area contributed by atoms with E-state index in [1.165, 1.54) is 17.8 Å². The van der Waals surface area contributed by atoms with Crippen molar-refractivity contribution < 1.29 is 23.1 Å². The maximum absolute atomic E-state index is 12.9. The van der Waals surface area contributed by atoms with Crippen LogP contribution in [0.25, 0.3) is 11.1 Å². The fourth-order valence-electron chi connectivity index (χ4n) is 3.88. The fraction of sp³-hybridized carbons (Fsp3) is 0.346. The molecule has 1 heterocycles. The first-order valence-electron chi connectivity index (χ1n) is 12.1. The van der Waals surface area contributed by atoms with Crippen molar-refractivity contribution in [3.8, 4) is 11.1 Å². The molecular weight excluding hydrogens is 591 g/mol. The SMILES string of the molecule is CCCCc1nc(SC)c(C(=O)O)n1Cc1ccc(-c2ccccc2S(=O)(=O)NC(=O)NCCC)cc1.[KH].[KH]. The van der Waals surface area contributed by atoms with Crippen molar-refractivity contribution in [2.45, 2.75) is 56.0 Å². The van der Waals surface area contributed by atoms with E-state index in [4.69, 9.17) is 0 Å². The van der Waals surface area contributed by atoms with Gasteiger partial charge in [0, 0.05) is 25.1 Å². The molecular formula is C26H34K2N4O5S2. The standard InChI is InChI=1S/C26H32N4O5S2.2K.2H/c1-4-6-11-22-28-24(36-3)23(25(31)32)30(22)17-18-12-14-19(15-13-18)20-9-7-8-10-21(20)37(34,35)29-26(33)27-16-5-2;;;;/h7-10,12-15H,4-6,11,16-17H2,1-3H3,(H,31,32)(H2,27,29,33);;;;. The van der Waals surface area contributed by atoms with Crippen molar-refractivity contribution in [2.24, 2.45) is 0 Å². The summed E-state index contributed by atoms with van der Waals surface area (Å²) < 4.78 is 29.7. The normalized spacial score (nSPS) is 10.7. The van der Waals surface area contributed by atoms with E-state index < -0.39 is 22.0 Å². The summed E-state index contributed by atoms with van der Waals surface area (Å²) in [5.41, 5.74) is 2.13. The van der Waals surface area contributed by atoms with Crippen LogP contribution in [0.3, 0.4) is 0 Å². The Labute approximate surface area is 319 Å². The van der Waals surface area contributed by atoms with Crippen LogP contribution in [0.1, 0.15) is 55.0 Å². The zero-order chi connectivity index (χ0) is 27.0. The van der Waals surface area contributed by atoms with Gasteiger partial charge >= 0.3 is 115 Å². The number of thioether (sulfide) groups is 1. The summed E-state index contributed by atoms with van der Waals surface area (Å²) >= 11 is 1.31. The van der Waals surface area contributed by atoms with Gasteiger partial charge in [0.15, 0.2) is 5.69 Å². The Balaban J connectivity index is 0.00000380. The number of urea groups is 1. The number of carbonyl (C=O) groups is 2.